The maximum atomic E-state index is 13.2. The van der Waals surface area contributed by atoms with Gasteiger partial charge in [0, 0.05) is 12.5 Å². The van der Waals surface area contributed by atoms with E-state index in [1.54, 1.807) is 24.3 Å². The van der Waals surface area contributed by atoms with Crippen LogP contribution in [0.5, 0.6) is 0 Å². The Kier molecular flexibility index (Phi) is 4.64. The summed E-state index contributed by atoms with van der Waals surface area (Å²) in [6.45, 7) is 3.39. The summed E-state index contributed by atoms with van der Waals surface area (Å²) in [5.41, 5.74) is 3.12. The van der Waals surface area contributed by atoms with Gasteiger partial charge in [0.15, 0.2) is 4.32 Å². The molecule has 2 aliphatic heterocycles. The normalized spacial score (nSPS) is 18.9. The number of imide groups is 1. The van der Waals surface area contributed by atoms with Crippen molar-refractivity contribution >= 4 is 63.0 Å². The molecule has 0 radical (unpaired) electrons. The van der Waals surface area contributed by atoms with Crippen molar-refractivity contribution in [2.24, 2.45) is 0 Å². The van der Waals surface area contributed by atoms with Crippen LogP contribution in [0.25, 0.3) is 5.57 Å². The van der Waals surface area contributed by atoms with E-state index >= 15 is 0 Å². The van der Waals surface area contributed by atoms with E-state index in [0.717, 1.165) is 28.6 Å². The van der Waals surface area contributed by atoms with Gasteiger partial charge < -0.3 is 0 Å². The Hall–Kier alpha value is -2.77. The van der Waals surface area contributed by atoms with Gasteiger partial charge in [-0.3, -0.25) is 19.3 Å². The Labute approximate surface area is 172 Å². The molecule has 2 heterocycles. The first kappa shape index (κ1) is 18.6. The third-order valence-corrected chi connectivity index (χ3v) is 6.12. The zero-order chi connectivity index (χ0) is 20.0. The largest absolute Gasteiger partial charge is 0.274 e. The molecular formula is C21H16N2O3S2. The molecule has 0 atom stereocenters. The van der Waals surface area contributed by atoms with Crippen LogP contribution in [0.2, 0.25) is 0 Å². The molecule has 2 aliphatic rings. The second kappa shape index (κ2) is 7.00. The average molecular weight is 409 g/mol. The fourth-order valence-electron chi connectivity index (χ4n) is 3.37. The molecule has 5 nitrogen and oxygen atoms in total. The van der Waals surface area contributed by atoms with Crippen molar-refractivity contribution < 1.29 is 14.4 Å². The maximum Gasteiger partial charge on any atom is 0.271 e. The molecule has 3 amide bonds. The number of hydrogen-bond acceptors (Lipinski definition) is 5. The molecule has 0 N–H and O–H groups in total. The van der Waals surface area contributed by atoms with E-state index in [1.807, 2.05) is 24.3 Å². The Morgan fingerprint density at radius 2 is 1.71 bits per heavy atom. The van der Waals surface area contributed by atoms with Crippen molar-refractivity contribution in [2.45, 2.75) is 20.3 Å². The maximum absolute atomic E-state index is 13.2. The van der Waals surface area contributed by atoms with Crippen molar-refractivity contribution in [3.63, 3.8) is 0 Å². The summed E-state index contributed by atoms with van der Waals surface area (Å²) < 4.78 is 0.364. The Morgan fingerprint density at radius 3 is 2.36 bits per heavy atom. The number of thioether (sulfide) groups is 1. The first-order valence-corrected chi connectivity index (χ1v) is 10.0. The number of para-hydroxylation sites is 1. The predicted molar refractivity (Wildman–Crippen MR) is 115 cm³/mol. The van der Waals surface area contributed by atoms with E-state index in [-0.39, 0.29) is 16.4 Å². The summed E-state index contributed by atoms with van der Waals surface area (Å²) in [6, 6.07) is 14.6. The van der Waals surface area contributed by atoms with Crippen molar-refractivity contribution in [1.29, 1.82) is 0 Å². The van der Waals surface area contributed by atoms with Crippen LogP contribution < -0.4 is 9.80 Å². The van der Waals surface area contributed by atoms with Gasteiger partial charge in [-0.25, -0.2) is 4.90 Å². The number of carbonyl (C=O) groups is 3. The van der Waals surface area contributed by atoms with Crippen molar-refractivity contribution in [1.82, 2.24) is 0 Å². The van der Waals surface area contributed by atoms with E-state index in [4.69, 9.17) is 12.2 Å². The first-order chi connectivity index (χ1) is 13.4. The molecule has 0 spiro atoms. The van der Waals surface area contributed by atoms with Crippen LogP contribution >= 0.6 is 24.0 Å². The van der Waals surface area contributed by atoms with Gasteiger partial charge in [-0.05, 0) is 30.2 Å². The minimum absolute atomic E-state index is 0.232. The molecule has 0 aliphatic carbocycles. The number of amides is 3. The van der Waals surface area contributed by atoms with Crippen LogP contribution in [0.3, 0.4) is 0 Å². The van der Waals surface area contributed by atoms with Gasteiger partial charge in [0.25, 0.3) is 11.8 Å². The van der Waals surface area contributed by atoms with Crippen LogP contribution in [0, 0.1) is 0 Å². The summed E-state index contributed by atoms with van der Waals surface area (Å²) in [5, 5.41) is 0. The fourth-order valence-corrected chi connectivity index (χ4v) is 4.74. The smallest absolute Gasteiger partial charge is 0.271 e. The minimum Gasteiger partial charge on any atom is -0.274 e. The molecule has 0 aromatic heterocycles. The first-order valence-electron chi connectivity index (χ1n) is 8.78. The van der Waals surface area contributed by atoms with Gasteiger partial charge in [0.2, 0.25) is 5.91 Å². The summed E-state index contributed by atoms with van der Waals surface area (Å²) in [7, 11) is 0. The fraction of sp³-hybridized carbons (Fsp3) is 0.143. The molecular weight excluding hydrogens is 392 g/mol. The predicted octanol–water partition coefficient (Wildman–Crippen LogP) is 3.92. The van der Waals surface area contributed by atoms with E-state index in [2.05, 4.69) is 6.92 Å². The van der Waals surface area contributed by atoms with Gasteiger partial charge >= 0.3 is 0 Å². The summed E-state index contributed by atoms with van der Waals surface area (Å²) in [5.74, 6) is -1.23. The Bertz CT molecular complexity index is 1070. The molecule has 28 heavy (non-hydrogen) atoms. The molecule has 0 saturated carbocycles. The SMILES string of the molecule is CCc1ccc(N2C(=O)C(=C3C(=O)N(C(C)=O)c4ccccc43)SC2=S)cc1. The van der Waals surface area contributed by atoms with Crippen LogP contribution in [-0.2, 0) is 20.8 Å². The molecule has 0 unspecified atom stereocenters. The number of hydrogen-bond donors (Lipinski definition) is 0. The highest BCUT2D eigenvalue weighted by Gasteiger charge is 2.43. The lowest BCUT2D eigenvalue weighted by molar-refractivity contribution is -0.122. The van der Waals surface area contributed by atoms with E-state index < -0.39 is 11.8 Å². The third-order valence-electron chi connectivity index (χ3n) is 4.75. The average Bonchev–Trinajstić information content (AvgIpc) is 3.14. The molecule has 2 aromatic rings. The number of carbonyl (C=O) groups excluding carboxylic acids is 3. The van der Waals surface area contributed by atoms with Gasteiger partial charge in [-0.2, -0.15) is 0 Å². The highest BCUT2D eigenvalue weighted by atomic mass is 32.2. The quantitative estimate of drug-likeness (QED) is 0.557. The van der Waals surface area contributed by atoms with Crippen molar-refractivity contribution in [3.8, 4) is 0 Å². The summed E-state index contributed by atoms with van der Waals surface area (Å²) in [4.78, 5) is 41.0. The molecule has 140 valence electrons. The molecule has 7 heteroatoms. The Morgan fingerprint density at radius 1 is 1.04 bits per heavy atom. The van der Waals surface area contributed by atoms with Crippen LogP contribution in [0.15, 0.2) is 53.4 Å². The number of rotatable bonds is 2. The lowest BCUT2D eigenvalue weighted by Crippen LogP contribution is -2.32. The third kappa shape index (κ3) is 2.78. The van der Waals surface area contributed by atoms with Crippen LogP contribution in [-0.4, -0.2) is 22.0 Å². The topological polar surface area (TPSA) is 57.7 Å². The second-order valence-corrected chi connectivity index (χ2v) is 8.05. The second-order valence-electron chi connectivity index (χ2n) is 6.41. The lowest BCUT2D eigenvalue weighted by Gasteiger charge is -2.15. The number of anilines is 2. The molecule has 4 rings (SSSR count). The Balaban J connectivity index is 1.82. The monoisotopic (exact) mass is 408 g/mol. The number of thiocarbonyl (C=S) groups is 1. The standard InChI is InChI=1S/C21H16N2O3S2/c1-3-13-8-10-14(11-9-13)23-20(26)18(28-21(23)27)17-15-6-4-5-7-16(15)22(12(2)24)19(17)25/h4-11H,3H2,1-2H3. The molecule has 1 saturated heterocycles. The highest BCUT2D eigenvalue weighted by Crippen LogP contribution is 2.45. The highest BCUT2D eigenvalue weighted by molar-refractivity contribution is 8.27. The zero-order valence-corrected chi connectivity index (χ0v) is 16.9. The van der Waals surface area contributed by atoms with Gasteiger partial charge in [0.05, 0.1) is 21.9 Å². The molecule has 2 aromatic carbocycles. The molecule has 1 fully saturated rings. The van der Waals surface area contributed by atoms with Gasteiger partial charge in [0.1, 0.15) is 0 Å². The van der Waals surface area contributed by atoms with Crippen molar-refractivity contribution in [2.75, 3.05) is 9.80 Å². The van der Waals surface area contributed by atoms with Gasteiger partial charge in [-0.15, -0.1) is 0 Å². The van der Waals surface area contributed by atoms with Crippen LogP contribution in [0.4, 0.5) is 11.4 Å². The van der Waals surface area contributed by atoms with Crippen LogP contribution in [0.1, 0.15) is 25.0 Å². The zero-order valence-electron chi connectivity index (χ0n) is 15.3. The number of fused-ring (bicyclic) bond motifs is 1. The van der Waals surface area contributed by atoms with Crippen molar-refractivity contribution in [3.05, 3.63) is 64.6 Å². The lowest BCUT2D eigenvalue weighted by atomic mass is 10.1. The summed E-state index contributed by atoms with van der Waals surface area (Å²) in [6.07, 6.45) is 0.898. The molecule has 0 bridgehead atoms. The van der Waals surface area contributed by atoms with E-state index in [0.29, 0.717) is 21.3 Å². The number of nitrogens with zero attached hydrogens (tertiary/aromatic N) is 2. The minimum atomic E-state index is -0.490. The number of aryl methyl sites for hydroxylation is 1. The summed E-state index contributed by atoms with van der Waals surface area (Å²) >= 11 is 6.53. The number of benzene rings is 2. The van der Waals surface area contributed by atoms with Gasteiger partial charge in [-0.1, -0.05) is 61.2 Å². The van der Waals surface area contributed by atoms with E-state index in [1.165, 1.54) is 11.8 Å². The van der Waals surface area contributed by atoms with E-state index in [9.17, 15) is 14.4 Å².